The van der Waals surface area contributed by atoms with E-state index >= 15 is 0 Å². The van der Waals surface area contributed by atoms with Gasteiger partial charge in [0, 0.05) is 13.5 Å². The fourth-order valence-corrected chi connectivity index (χ4v) is 6.20. The van der Waals surface area contributed by atoms with Gasteiger partial charge in [-0.3, -0.25) is 9.59 Å². The lowest BCUT2D eigenvalue weighted by Gasteiger charge is -2.35. The van der Waals surface area contributed by atoms with Crippen LogP contribution in [0.3, 0.4) is 0 Å². The van der Waals surface area contributed by atoms with Crippen molar-refractivity contribution in [1.82, 2.24) is 10.2 Å². The summed E-state index contributed by atoms with van der Waals surface area (Å²) in [5.74, 6) is -0.216. The molecule has 9 heteroatoms. The molecule has 0 radical (unpaired) electrons. The number of hydrogen-bond acceptors (Lipinski definition) is 6. The average molecular weight is 594 g/mol. The largest absolute Gasteiger partial charge is 0.497 e. The minimum Gasteiger partial charge on any atom is -0.497 e. The molecule has 3 aliphatic heterocycles. The van der Waals surface area contributed by atoms with Crippen molar-refractivity contribution in [2.75, 3.05) is 27.4 Å². The lowest BCUT2D eigenvalue weighted by atomic mass is 9.85. The number of carbonyl (C=O) groups is 3. The summed E-state index contributed by atoms with van der Waals surface area (Å²) in [6.45, 7) is 10.1. The number of aryl methyl sites for hydroxylation is 1. The summed E-state index contributed by atoms with van der Waals surface area (Å²) >= 11 is 0. The predicted molar refractivity (Wildman–Crippen MR) is 165 cm³/mol. The van der Waals surface area contributed by atoms with Crippen molar-refractivity contribution in [2.24, 2.45) is 16.6 Å². The molecule has 3 atom stereocenters. The van der Waals surface area contributed by atoms with Gasteiger partial charge < -0.3 is 30.2 Å². The first kappa shape index (κ1) is 32.3. The van der Waals surface area contributed by atoms with E-state index in [4.69, 9.17) is 19.9 Å². The Kier molecular flexibility index (Phi) is 9.45. The van der Waals surface area contributed by atoms with Gasteiger partial charge >= 0.3 is 6.09 Å². The molecule has 5 rings (SSSR count). The predicted octanol–water partition coefficient (Wildman–Crippen LogP) is 5.18. The fraction of sp³-hybridized carbons (Fsp3) is 0.559. The minimum atomic E-state index is -0.954. The average Bonchev–Trinajstić information content (AvgIpc) is 3.38. The Bertz CT molecular complexity index is 1330. The highest BCUT2D eigenvalue weighted by Gasteiger charge is 2.52. The first-order valence-corrected chi connectivity index (χ1v) is 15.1. The number of methoxy groups -OCH3 is 2. The van der Waals surface area contributed by atoms with Crippen LogP contribution in [0.4, 0.5) is 4.79 Å². The fourth-order valence-electron chi connectivity index (χ4n) is 6.20. The third-order valence-corrected chi connectivity index (χ3v) is 8.88. The maximum atomic E-state index is 14.1. The number of nitrogens with zero attached hydrogens (tertiary/aromatic N) is 1. The van der Waals surface area contributed by atoms with E-state index in [0.29, 0.717) is 0 Å². The molecule has 1 saturated heterocycles. The van der Waals surface area contributed by atoms with Gasteiger partial charge in [-0.05, 0) is 64.5 Å². The van der Waals surface area contributed by atoms with E-state index in [2.05, 4.69) is 43.4 Å². The van der Waals surface area contributed by atoms with Crippen LogP contribution in [0.2, 0.25) is 0 Å². The molecule has 3 amide bonds. The molecule has 2 aromatic carbocycles. The van der Waals surface area contributed by atoms with Gasteiger partial charge in [-0.25, -0.2) is 4.79 Å². The van der Waals surface area contributed by atoms with Crippen molar-refractivity contribution in [2.45, 2.75) is 84.4 Å². The van der Waals surface area contributed by atoms with Gasteiger partial charge in [0.25, 0.3) is 0 Å². The molecule has 0 saturated carbocycles. The monoisotopic (exact) mass is 593 g/mol. The third-order valence-electron chi connectivity index (χ3n) is 8.88. The minimum absolute atomic E-state index is 0.111. The molecule has 3 heterocycles. The first-order valence-electron chi connectivity index (χ1n) is 15.1. The summed E-state index contributed by atoms with van der Waals surface area (Å²) < 4.78 is 17.3. The van der Waals surface area contributed by atoms with Gasteiger partial charge in [-0.15, -0.1) is 0 Å². The highest BCUT2D eigenvalue weighted by Crippen LogP contribution is 2.41. The van der Waals surface area contributed by atoms with Crippen LogP contribution in [0.1, 0.15) is 71.4 Å². The van der Waals surface area contributed by atoms with Crippen molar-refractivity contribution in [3.8, 4) is 16.9 Å². The first-order chi connectivity index (χ1) is 20.2. The van der Waals surface area contributed by atoms with E-state index in [9.17, 15) is 14.4 Å². The number of nitrogens with one attached hydrogen (secondary N) is 1. The molecule has 2 aromatic rings. The standard InChI is InChI=1S/C34H47N3O6/c1-32(2,3)28-30(39)37-20-34(42-7,19-27(37)29(35)38)24-13-11-22(12-14-24)26-16-15-25(41-6)18-23(26)10-8-9-17-33(4,5)21-43-31(40)36-28/h11-16,18,27-28H,8-10,17,19-21H2,1-7H3,(H2,35,38)(H,36,40)/t27-,28+,34-/m0/s1. The quantitative estimate of drug-likeness (QED) is 0.506. The molecule has 4 bridgehead atoms. The van der Waals surface area contributed by atoms with E-state index in [0.717, 1.165) is 48.1 Å². The number of primary amides is 1. The van der Waals surface area contributed by atoms with Gasteiger partial charge in [0.05, 0.1) is 20.3 Å². The number of ether oxygens (including phenoxy) is 3. The van der Waals surface area contributed by atoms with Crippen molar-refractivity contribution < 1.29 is 28.6 Å². The number of nitrogens with two attached hydrogens (primary N) is 1. The van der Waals surface area contributed by atoms with Crippen LogP contribution in [-0.2, 0) is 31.1 Å². The van der Waals surface area contributed by atoms with Crippen molar-refractivity contribution >= 4 is 17.9 Å². The Balaban J connectivity index is 1.78. The number of fused-ring (bicyclic) bond motifs is 12. The lowest BCUT2D eigenvalue weighted by Crippen LogP contribution is -2.57. The van der Waals surface area contributed by atoms with Gasteiger partial charge in [-0.1, -0.05) is 71.4 Å². The summed E-state index contributed by atoms with van der Waals surface area (Å²) in [5, 5.41) is 2.80. The molecule has 0 spiro atoms. The Labute approximate surface area is 255 Å². The molecule has 3 N–H and O–H groups in total. The molecule has 1 fully saturated rings. The van der Waals surface area contributed by atoms with Crippen molar-refractivity contribution in [3.63, 3.8) is 0 Å². The number of benzene rings is 2. The van der Waals surface area contributed by atoms with E-state index in [1.54, 1.807) is 14.2 Å². The zero-order valence-electron chi connectivity index (χ0n) is 26.6. The number of alkyl carbamates (subject to hydrolysis) is 1. The van der Waals surface area contributed by atoms with Crippen LogP contribution in [0.25, 0.3) is 11.1 Å². The molecule has 0 aliphatic carbocycles. The Hall–Kier alpha value is -3.59. The number of carbonyl (C=O) groups excluding carboxylic acids is 3. The summed E-state index contributed by atoms with van der Waals surface area (Å²) in [7, 11) is 3.25. The van der Waals surface area contributed by atoms with Crippen molar-refractivity contribution in [1.29, 1.82) is 0 Å². The van der Waals surface area contributed by atoms with Crippen LogP contribution < -0.4 is 15.8 Å². The Morgan fingerprint density at radius 2 is 1.77 bits per heavy atom. The van der Waals surface area contributed by atoms with Crippen LogP contribution in [0.5, 0.6) is 5.75 Å². The molecule has 9 nitrogen and oxygen atoms in total. The summed E-state index contributed by atoms with van der Waals surface area (Å²) in [6, 6.07) is 12.4. The molecule has 0 aromatic heterocycles. The summed E-state index contributed by atoms with van der Waals surface area (Å²) in [6.07, 6.45) is 3.19. The Morgan fingerprint density at radius 3 is 2.37 bits per heavy atom. The molecule has 3 aliphatic rings. The van der Waals surface area contributed by atoms with Gasteiger partial charge in [-0.2, -0.15) is 0 Å². The number of hydrogen-bond donors (Lipinski definition) is 2. The molecular formula is C34H47N3O6. The van der Waals surface area contributed by atoms with Crippen LogP contribution in [-0.4, -0.2) is 62.3 Å². The van der Waals surface area contributed by atoms with Crippen LogP contribution in [0, 0.1) is 10.8 Å². The summed E-state index contributed by atoms with van der Waals surface area (Å²) in [4.78, 5) is 41.3. The van der Waals surface area contributed by atoms with Crippen LogP contribution >= 0.6 is 0 Å². The number of amides is 3. The smallest absolute Gasteiger partial charge is 0.407 e. The second-order valence-electron chi connectivity index (χ2n) is 13.8. The Morgan fingerprint density at radius 1 is 1.07 bits per heavy atom. The zero-order valence-corrected chi connectivity index (χ0v) is 26.6. The maximum Gasteiger partial charge on any atom is 0.407 e. The molecular weight excluding hydrogens is 546 g/mol. The third kappa shape index (κ3) is 7.15. The second-order valence-corrected chi connectivity index (χ2v) is 13.8. The highest BCUT2D eigenvalue weighted by molar-refractivity contribution is 5.92. The maximum absolute atomic E-state index is 14.1. The normalized spacial score (nSPS) is 25.0. The van der Waals surface area contributed by atoms with E-state index < -0.39 is 41.0 Å². The number of rotatable bonds is 3. The van der Waals surface area contributed by atoms with E-state index in [-0.39, 0.29) is 25.0 Å². The van der Waals surface area contributed by atoms with Gasteiger partial charge in [0.15, 0.2) is 0 Å². The molecule has 0 unspecified atom stereocenters. The summed E-state index contributed by atoms with van der Waals surface area (Å²) in [5.41, 5.74) is 8.19. The van der Waals surface area contributed by atoms with Crippen molar-refractivity contribution in [3.05, 3.63) is 53.6 Å². The highest BCUT2D eigenvalue weighted by atomic mass is 16.5. The van der Waals surface area contributed by atoms with Gasteiger partial charge in [0.2, 0.25) is 11.8 Å². The lowest BCUT2D eigenvalue weighted by molar-refractivity contribution is -0.141. The van der Waals surface area contributed by atoms with Crippen LogP contribution in [0.15, 0.2) is 42.5 Å². The SMILES string of the molecule is COc1ccc2c(c1)CCCCC(C)(C)COC(=O)N[C@@H](C(C)(C)C)C(=O)N1C[C@@](OC)(C[C@H]1C(N)=O)c1ccc-2cc1. The zero-order chi connectivity index (χ0) is 31.6. The topological polar surface area (TPSA) is 120 Å². The molecule has 43 heavy (non-hydrogen) atoms. The van der Waals surface area contributed by atoms with E-state index in [1.165, 1.54) is 10.5 Å². The second kappa shape index (κ2) is 12.6. The van der Waals surface area contributed by atoms with Gasteiger partial charge in [0.1, 0.15) is 23.4 Å². The van der Waals surface area contributed by atoms with E-state index in [1.807, 2.05) is 39.0 Å². The molecule has 234 valence electrons.